The van der Waals surface area contributed by atoms with E-state index < -0.39 is 22.4 Å². The minimum absolute atomic E-state index is 0.0484. The van der Waals surface area contributed by atoms with Crippen molar-refractivity contribution in [2.75, 3.05) is 0 Å². The number of non-ortho nitro benzene ring substituents is 1. The largest absolute Gasteiger partial charge is 0.383 e. The monoisotopic (exact) mass is 340 g/mol. The fourth-order valence-corrected chi connectivity index (χ4v) is 2.88. The van der Waals surface area contributed by atoms with Gasteiger partial charge in [0.05, 0.1) is 4.92 Å². The molecule has 2 saturated carbocycles. The first-order valence-electron chi connectivity index (χ1n) is 7.89. The molecule has 1 aromatic carbocycles. The maximum Gasteiger partial charge on any atom is 0.352 e. The third kappa shape index (κ3) is 2.86. The standard InChI is InChI=1S/C16H18F2N2O4/c17-16(18,15(22)8-1-9-15)14(21)19(12-6-7-12)10-11-2-4-13(5-3-11)20(23)24/h2-5,12,22H,1,6-10H2. The summed E-state index contributed by atoms with van der Waals surface area (Å²) in [5.41, 5.74) is -1.80. The highest BCUT2D eigenvalue weighted by Gasteiger charge is 2.63. The average molecular weight is 340 g/mol. The SMILES string of the molecule is O=C(N(Cc1ccc([N+](=O)[O-])cc1)C1CC1)C(F)(F)C1(O)CCC1. The molecule has 2 fully saturated rings. The van der Waals surface area contributed by atoms with Crippen molar-refractivity contribution in [1.29, 1.82) is 0 Å². The molecule has 3 rings (SSSR count). The number of aliphatic hydroxyl groups is 1. The van der Waals surface area contributed by atoms with Crippen LogP contribution in [-0.4, -0.2) is 38.4 Å². The number of carbonyl (C=O) groups is 1. The molecular formula is C16H18F2N2O4. The fourth-order valence-electron chi connectivity index (χ4n) is 2.88. The molecule has 0 saturated heterocycles. The Morgan fingerprint density at radius 1 is 1.33 bits per heavy atom. The normalized spacial score (nSPS) is 19.5. The average Bonchev–Trinajstić information content (AvgIpc) is 3.34. The molecule has 0 aromatic heterocycles. The summed E-state index contributed by atoms with van der Waals surface area (Å²) >= 11 is 0. The van der Waals surface area contributed by atoms with Gasteiger partial charge >= 0.3 is 5.92 Å². The number of nitro benzene ring substituents is 1. The topological polar surface area (TPSA) is 83.7 Å². The van der Waals surface area contributed by atoms with Crippen molar-refractivity contribution in [2.24, 2.45) is 0 Å². The number of rotatable bonds is 6. The van der Waals surface area contributed by atoms with Crippen LogP contribution in [-0.2, 0) is 11.3 Å². The smallest absolute Gasteiger partial charge is 0.352 e. The highest BCUT2D eigenvalue weighted by Crippen LogP contribution is 2.46. The maximum absolute atomic E-state index is 14.4. The summed E-state index contributed by atoms with van der Waals surface area (Å²) < 4.78 is 28.9. The van der Waals surface area contributed by atoms with Gasteiger partial charge in [0.2, 0.25) is 0 Å². The Labute approximate surface area is 137 Å². The molecular weight excluding hydrogens is 322 g/mol. The van der Waals surface area contributed by atoms with Crippen molar-refractivity contribution < 1.29 is 23.6 Å². The molecule has 0 aliphatic heterocycles. The second-order valence-corrected chi connectivity index (χ2v) is 6.55. The number of hydrogen-bond acceptors (Lipinski definition) is 4. The van der Waals surface area contributed by atoms with Gasteiger partial charge in [0.1, 0.15) is 5.60 Å². The van der Waals surface area contributed by atoms with Crippen molar-refractivity contribution >= 4 is 11.6 Å². The van der Waals surface area contributed by atoms with Gasteiger partial charge in [-0.05, 0) is 37.7 Å². The quantitative estimate of drug-likeness (QED) is 0.637. The van der Waals surface area contributed by atoms with E-state index in [4.69, 9.17) is 0 Å². The van der Waals surface area contributed by atoms with Crippen molar-refractivity contribution in [3.8, 4) is 0 Å². The Morgan fingerprint density at radius 2 is 1.92 bits per heavy atom. The lowest BCUT2D eigenvalue weighted by molar-refractivity contribution is -0.384. The minimum atomic E-state index is -3.81. The van der Waals surface area contributed by atoms with Crippen LogP contribution in [0.3, 0.4) is 0 Å². The molecule has 2 aliphatic rings. The summed E-state index contributed by atoms with van der Waals surface area (Å²) in [6, 6.07) is 5.21. The van der Waals surface area contributed by atoms with E-state index in [1.54, 1.807) is 0 Å². The van der Waals surface area contributed by atoms with Crippen LogP contribution in [0.5, 0.6) is 0 Å². The van der Waals surface area contributed by atoms with Crippen LogP contribution in [0.2, 0.25) is 0 Å². The molecule has 0 heterocycles. The van der Waals surface area contributed by atoms with Gasteiger partial charge in [0.15, 0.2) is 0 Å². The summed E-state index contributed by atoms with van der Waals surface area (Å²) in [6.45, 7) is -0.0484. The predicted octanol–water partition coefficient (Wildman–Crippen LogP) is 2.64. The number of alkyl halides is 2. The number of nitrogens with zero attached hydrogens (tertiary/aromatic N) is 2. The van der Waals surface area contributed by atoms with Gasteiger partial charge in [-0.25, -0.2) is 0 Å². The maximum atomic E-state index is 14.4. The third-order valence-corrected chi connectivity index (χ3v) is 4.78. The first-order valence-corrected chi connectivity index (χ1v) is 7.89. The lowest BCUT2D eigenvalue weighted by Crippen LogP contribution is -2.61. The van der Waals surface area contributed by atoms with Gasteiger partial charge in [-0.15, -0.1) is 0 Å². The molecule has 130 valence electrons. The minimum Gasteiger partial charge on any atom is -0.383 e. The van der Waals surface area contributed by atoms with Crippen LogP contribution >= 0.6 is 0 Å². The van der Waals surface area contributed by atoms with E-state index in [1.807, 2.05) is 0 Å². The number of carbonyl (C=O) groups excluding carboxylic acids is 1. The Balaban J connectivity index is 1.77. The zero-order valence-electron chi connectivity index (χ0n) is 13.0. The van der Waals surface area contributed by atoms with Crippen molar-refractivity contribution in [3.05, 3.63) is 39.9 Å². The second kappa shape index (κ2) is 5.77. The van der Waals surface area contributed by atoms with Gasteiger partial charge in [-0.3, -0.25) is 14.9 Å². The first-order chi connectivity index (χ1) is 11.2. The molecule has 1 aromatic rings. The number of nitro groups is 1. The van der Waals surface area contributed by atoms with E-state index in [-0.39, 0.29) is 31.1 Å². The van der Waals surface area contributed by atoms with Crippen molar-refractivity contribution in [2.45, 2.75) is 56.2 Å². The van der Waals surface area contributed by atoms with Gasteiger partial charge in [-0.1, -0.05) is 12.1 Å². The number of amides is 1. The zero-order valence-corrected chi connectivity index (χ0v) is 13.0. The molecule has 2 aliphatic carbocycles. The number of halogens is 2. The Hall–Kier alpha value is -2.09. The molecule has 0 spiro atoms. The fraction of sp³-hybridized carbons (Fsp3) is 0.562. The summed E-state index contributed by atoms with van der Waals surface area (Å²) in [7, 11) is 0. The molecule has 0 radical (unpaired) electrons. The molecule has 1 amide bonds. The molecule has 0 atom stereocenters. The Morgan fingerprint density at radius 3 is 2.33 bits per heavy atom. The third-order valence-electron chi connectivity index (χ3n) is 4.78. The highest BCUT2D eigenvalue weighted by molar-refractivity contribution is 5.85. The molecule has 6 nitrogen and oxygen atoms in total. The Bertz CT molecular complexity index is 655. The lowest BCUT2D eigenvalue weighted by atomic mass is 9.75. The van der Waals surface area contributed by atoms with Crippen molar-refractivity contribution in [3.63, 3.8) is 0 Å². The summed E-state index contributed by atoms with van der Waals surface area (Å²) in [4.78, 5) is 23.6. The van der Waals surface area contributed by atoms with E-state index in [1.165, 1.54) is 24.3 Å². The van der Waals surface area contributed by atoms with E-state index in [2.05, 4.69) is 0 Å². The van der Waals surface area contributed by atoms with Gasteiger partial charge in [0.25, 0.3) is 11.6 Å². The van der Waals surface area contributed by atoms with Crippen LogP contribution in [0.25, 0.3) is 0 Å². The summed E-state index contributed by atoms with van der Waals surface area (Å²) in [6.07, 6.45) is 1.61. The lowest BCUT2D eigenvalue weighted by Gasteiger charge is -2.43. The number of benzene rings is 1. The van der Waals surface area contributed by atoms with Crippen molar-refractivity contribution in [1.82, 2.24) is 4.90 Å². The summed E-state index contributed by atoms with van der Waals surface area (Å²) in [5, 5.41) is 20.6. The predicted molar refractivity (Wildman–Crippen MR) is 80.4 cm³/mol. The zero-order chi connectivity index (χ0) is 17.5. The van der Waals surface area contributed by atoms with Crippen LogP contribution in [0, 0.1) is 10.1 Å². The highest BCUT2D eigenvalue weighted by atomic mass is 19.3. The van der Waals surface area contributed by atoms with E-state index in [9.17, 15) is 28.8 Å². The van der Waals surface area contributed by atoms with Crippen LogP contribution < -0.4 is 0 Å². The second-order valence-electron chi connectivity index (χ2n) is 6.55. The van der Waals surface area contributed by atoms with Crippen LogP contribution in [0.15, 0.2) is 24.3 Å². The Kier molecular flexibility index (Phi) is 4.03. The molecule has 24 heavy (non-hydrogen) atoms. The van der Waals surface area contributed by atoms with E-state index >= 15 is 0 Å². The van der Waals surface area contributed by atoms with E-state index in [0.29, 0.717) is 24.8 Å². The molecule has 1 N–H and O–H groups in total. The van der Waals surface area contributed by atoms with Gasteiger partial charge in [-0.2, -0.15) is 8.78 Å². The molecule has 8 heteroatoms. The summed E-state index contributed by atoms with van der Waals surface area (Å²) in [5.74, 6) is -5.17. The van der Waals surface area contributed by atoms with Gasteiger partial charge in [0, 0.05) is 24.7 Å². The van der Waals surface area contributed by atoms with Gasteiger partial charge < -0.3 is 10.0 Å². The molecule has 0 bridgehead atoms. The van der Waals surface area contributed by atoms with E-state index in [0.717, 1.165) is 4.90 Å². The number of hydrogen-bond donors (Lipinski definition) is 1. The van der Waals surface area contributed by atoms with Crippen LogP contribution in [0.4, 0.5) is 14.5 Å². The molecule has 0 unspecified atom stereocenters. The first kappa shape index (κ1) is 16.8. The van der Waals surface area contributed by atoms with Crippen LogP contribution in [0.1, 0.15) is 37.7 Å².